The molecular formula is C73H122O6. The minimum absolute atomic E-state index is 0.0829. The molecule has 0 aliphatic rings. The first-order valence-corrected chi connectivity index (χ1v) is 33.0. The van der Waals surface area contributed by atoms with Gasteiger partial charge in [0.2, 0.25) is 0 Å². The van der Waals surface area contributed by atoms with E-state index in [4.69, 9.17) is 14.2 Å². The standard InChI is InChI=1S/C73H122O6/c1-4-7-10-13-16-19-22-24-26-28-30-32-34-36-38-40-42-44-46-48-51-54-57-60-63-66-72(75)78-69-70(68-77-71(74)65-62-59-56-53-50-21-18-15-12-9-6-3)79-73(76)67-64-61-58-55-52-49-47-45-43-41-39-37-35-33-31-29-27-25-23-20-17-14-11-8-5-2/h7-8,10-11,16-17,19-20,24-27,30-33,36,38,42,44,70H,4-6,9,12-15,18,21-23,28-29,34-35,37,39-41,43,45-69H2,1-3H3/b10-7-,11-8-,19-16-,20-17-,26-24-,27-25-,32-30-,33-31-,38-36-,44-42-. The number of ether oxygens (including phenoxy) is 3. The van der Waals surface area contributed by atoms with E-state index in [-0.39, 0.29) is 31.1 Å². The zero-order valence-electron chi connectivity index (χ0n) is 51.6. The number of unbranched alkanes of at least 4 members (excludes halogenated alkanes) is 28. The van der Waals surface area contributed by atoms with Crippen LogP contribution < -0.4 is 0 Å². The van der Waals surface area contributed by atoms with Crippen LogP contribution in [0.1, 0.15) is 303 Å². The number of hydrogen-bond donors (Lipinski definition) is 0. The van der Waals surface area contributed by atoms with Crippen LogP contribution in [0.25, 0.3) is 0 Å². The van der Waals surface area contributed by atoms with Crippen LogP contribution in [0.15, 0.2) is 122 Å². The monoisotopic (exact) mass is 1090 g/mol. The molecule has 0 bridgehead atoms. The van der Waals surface area contributed by atoms with Crippen LogP contribution in [0.4, 0.5) is 0 Å². The van der Waals surface area contributed by atoms with Gasteiger partial charge in [0, 0.05) is 19.3 Å². The van der Waals surface area contributed by atoms with E-state index < -0.39 is 6.10 Å². The normalized spacial score (nSPS) is 12.9. The largest absolute Gasteiger partial charge is 0.462 e. The molecule has 1 unspecified atom stereocenters. The molecule has 79 heavy (non-hydrogen) atoms. The predicted octanol–water partition coefficient (Wildman–Crippen LogP) is 22.8. The Bertz CT molecular complexity index is 1640. The van der Waals surface area contributed by atoms with Gasteiger partial charge >= 0.3 is 17.9 Å². The Balaban J connectivity index is 4.31. The lowest BCUT2D eigenvalue weighted by Crippen LogP contribution is -2.30. The van der Waals surface area contributed by atoms with Crippen molar-refractivity contribution in [3.63, 3.8) is 0 Å². The number of hydrogen-bond acceptors (Lipinski definition) is 6. The van der Waals surface area contributed by atoms with Crippen molar-refractivity contribution in [3.8, 4) is 0 Å². The maximum absolute atomic E-state index is 12.9. The molecular weight excluding hydrogens is 973 g/mol. The molecule has 0 saturated heterocycles. The number of carbonyl (C=O) groups excluding carboxylic acids is 3. The number of allylic oxidation sites excluding steroid dienone is 20. The maximum atomic E-state index is 12.9. The van der Waals surface area contributed by atoms with Crippen molar-refractivity contribution in [1.29, 1.82) is 0 Å². The number of carbonyl (C=O) groups is 3. The lowest BCUT2D eigenvalue weighted by atomic mass is 10.0. The van der Waals surface area contributed by atoms with Gasteiger partial charge in [-0.05, 0) is 109 Å². The Labute approximate surface area is 488 Å². The van der Waals surface area contributed by atoms with E-state index in [9.17, 15) is 14.4 Å². The Morgan fingerprint density at radius 2 is 0.494 bits per heavy atom. The van der Waals surface area contributed by atoms with Gasteiger partial charge < -0.3 is 14.2 Å². The molecule has 0 rings (SSSR count). The van der Waals surface area contributed by atoms with Crippen molar-refractivity contribution in [3.05, 3.63) is 122 Å². The van der Waals surface area contributed by atoms with Crippen molar-refractivity contribution >= 4 is 17.9 Å². The summed E-state index contributed by atoms with van der Waals surface area (Å²) in [7, 11) is 0. The number of esters is 3. The van der Waals surface area contributed by atoms with Crippen molar-refractivity contribution < 1.29 is 28.6 Å². The Morgan fingerprint density at radius 3 is 0.772 bits per heavy atom. The van der Waals surface area contributed by atoms with Gasteiger partial charge in [0.15, 0.2) is 6.10 Å². The highest BCUT2D eigenvalue weighted by molar-refractivity contribution is 5.71. The molecule has 0 fully saturated rings. The van der Waals surface area contributed by atoms with Gasteiger partial charge in [0.25, 0.3) is 0 Å². The van der Waals surface area contributed by atoms with E-state index in [1.54, 1.807) is 0 Å². The second kappa shape index (κ2) is 66.3. The zero-order chi connectivity index (χ0) is 57.1. The highest BCUT2D eigenvalue weighted by atomic mass is 16.6. The molecule has 0 aromatic carbocycles. The van der Waals surface area contributed by atoms with Crippen LogP contribution in [0.3, 0.4) is 0 Å². The summed E-state index contributed by atoms with van der Waals surface area (Å²) in [6.45, 7) is 6.41. The van der Waals surface area contributed by atoms with E-state index in [0.717, 1.165) is 135 Å². The molecule has 1 atom stereocenters. The van der Waals surface area contributed by atoms with E-state index in [2.05, 4.69) is 142 Å². The first-order chi connectivity index (χ1) is 39.0. The van der Waals surface area contributed by atoms with Crippen molar-refractivity contribution in [2.75, 3.05) is 13.2 Å². The minimum Gasteiger partial charge on any atom is -0.462 e. The van der Waals surface area contributed by atoms with Gasteiger partial charge in [-0.15, -0.1) is 0 Å². The molecule has 6 heteroatoms. The lowest BCUT2D eigenvalue weighted by Gasteiger charge is -2.18. The molecule has 0 aromatic rings. The van der Waals surface area contributed by atoms with Gasteiger partial charge in [0.1, 0.15) is 13.2 Å². The third kappa shape index (κ3) is 64.5. The van der Waals surface area contributed by atoms with Crippen LogP contribution in [0.2, 0.25) is 0 Å². The minimum atomic E-state index is -0.788. The molecule has 6 nitrogen and oxygen atoms in total. The van der Waals surface area contributed by atoms with Gasteiger partial charge in [-0.3, -0.25) is 14.4 Å². The highest BCUT2D eigenvalue weighted by Crippen LogP contribution is 2.16. The van der Waals surface area contributed by atoms with Crippen molar-refractivity contribution in [1.82, 2.24) is 0 Å². The summed E-state index contributed by atoms with van der Waals surface area (Å²) in [5.74, 6) is -0.893. The Morgan fingerprint density at radius 1 is 0.266 bits per heavy atom. The third-order valence-corrected chi connectivity index (χ3v) is 14.0. The van der Waals surface area contributed by atoms with Crippen molar-refractivity contribution in [2.45, 2.75) is 309 Å². The van der Waals surface area contributed by atoms with Crippen LogP contribution in [-0.2, 0) is 28.6 Å². The fourth-order valence-electron chi connectivity index (χ4n) is 9.09. The molecule has 0 saturated carbocycles. The SMILES string of the molecule is CC/C=C\C/C=C\C/C=C\C/C=C\C/C=C\C/C=C\CCCCCCCCC(=O)OCC(COC(=O)CCCCCCCCCCCCC)OC(=O)CCCCCCCCCCCCCC/C=C\C/C=C\C/C=C\C/C=C\CC. The summed E-state index contributed by atoms with van der Waals surface area (Å²) < 4.78 is 16.9. The molecule has 0 radical (unpaired) electrons. The third-order valence-electron chi connectivity index (χ3n) is 14.0. The average Bonchev–Trinajstić information content (AvgIpc) is 3.45. The van der Waals surface area contributed by atoms with Gasteiger partial charge in [-0.1, -0.05) is 296 Å². The molecule has 0 N–H and O–H groups in total. The summed E-state index contributed by atoms with van der Waals surface area (Å²) in [6, 6.07) is 0. The van der Waals surface area contributed by atoms with Gasteiger partial charge in [-0.2, -0.15) is 0 Å². The summed E-state index contributed by atoms with van der Waals surface area (Å²) in [5, 5.41) is 0. The predicted molar refractivity (Wildman–Crippen MR) is 343 cm³/mol. The molecule has 0 aromatic heterocycles. The molecule has 0 heterocycles. The topological polar surface area (TPSA) is 78.9 Å². The molecule has 0 aliphatic carbocycles. The second-order valence-electron chi connectivity index (χ2n) is 21.6. The quantitative estimate of drug-likeness (QED) is 0.0261. The van der Waals surface area contributed by atoms with Crippen LogP contribution in [0, 0.1) is 0 Å². The van der Waals surface area contributed by atoms with Gasteiger partial charge in [-0.25, -0.2) is 0 Å². The maximum Gasteiger partial charge on any atom is 0.306 e. The zero-order valence-corrected chi connectivity index (χ0v) is 51.6. The summed E-state index contributed by atoms with van der Waals surface area (Å²) >= 11 is 0. The smallest absolute Gasteiger partial charge is 0.306 e. The second-order valence-corrected chi connectivity index (χ2v) is 21.6. The van der Waals surface area contributed by atoms with E-state index in [0.29, 0.717) is 19.3 Å². The molecule has 0 amide bonds. The van der Waals surface area contributed by atoms with Crippen LogP contribution in [-0.4, -0.2) is 37.2 Å². The summed E-state index contributed by atoms with van der Waals surface area (Å²) in [4.78, 5) is 38.3. The Kier molecular flexibility index (Phi) is 62.8. The van der Waals surface area contributed by atoms with E-state index in [1.807, 2.05) is 0 Å². The summed E-state index contributed by atoms with van der Waals surface area (Å²) in [5.41, 5.74) is 0. The fourth-order valence-corrected chi connectivity index (χ4v) is 9.09. The lowest BCUT2D eigenvalue weighted by molar-refractivity contribution is -0.167. The Hall–Kier alpha value is -4.19. The molecule has 0 aliphatic heterocycles. The van der Waals surface area contributed by atoms with Crippen LogP contribution >= 0.6 is 0 Å². The van der Waals surface area contributed by atoms with Crippen molar-refractivity contribution in [2.24, 2.45) is 0 Å². The first-order valence-electron chi connectivity index (χ1n) is 33.0. The first kappa shape index (κ1) is 74.8. The van der Waals surface area contributed by atoms with Gasteiger partial charge in [0.05, 0.1) is 0 Å². The number of rotatable bonds is 59. The highest BCUT2D eigenvalue weighted by Gasteiger charge is 2.19. The molecule has 0 spiro atoms. The van der Waals surface area contributed by atoms with E-state index in [1.165, 1.54) is 128 Å². The average molecular weight is 1100 g/mol. The summed E-state index contributed by atoms with van der Waals surface area (Å²) in [6.07, 6.45) is 92.1. The fraction of sp³-hybridized carbons (Fsp3) is 0.685. The van der Waals surface area contributed by atoms with E-state index >= 15 is 0 Å². The molecule has 450 valence electrons. The van der Waals surface area contributed by atoms with Crippen LogP contribution in [0.5, 0.6) is 0 Å².